The third-order valence-corrected chi connectivity index (χ3v) is 4.07. The molecule has 0 bridgehead atoms. The monoisotopic (exact) mass is 264 g/mol. The van der Waals surface area contributed by atoms with Gasteiger partial charge in [0.1, 0.15) is 0 Å². The van der Waals surface area contributed by atoms with Crippen molar-refractivity contribution >= 4 is 5.95 Å². The van der Waals surface area contributed by atoms with Crippen molar-refractivity contribution in [3.63, 3.8) is 0 Å². The van der Waals surface area contributed by atoms with E-state index in [1.54, 1.807) is 0 Å². The predicted molar refractivity (Wildman–Crippen MR) is 80.6 cm³/mol. The van der Waals surface area contributed by atoms with Crippen LogP contribution in [0.15, 0.2) is 6.20 Å². The summed E-state index contributed by atoms with van der Waals surface area (Å²) in [6.07, 6.45) is 8.85. The number of hydrogen-bond donors (Lipinski definition) is 1. The summed E-state index contributed by atoms with van der Waals surface area (Å²) in [5, 5.41) is 3.41. The predicted octanol–water partition coefficient (Wildman–Crippen LogP) is 2.89. The molecule has 1 aliphatic carbocycles. The van der Waals surface area contributed by atoms with Gasteiger partial charge in [-0.1, -0.05) is 19.8 Å². The zero-order valence-electron chi connectivity index (χ0n) is 12.7. The molecule has 4 heteroatoms. The highest BCUT2D eigenvalue weighted by atomic mass is 15.2. The van der Waals surface area contributed by atoms with Gasteiger partial charge in [-0.2, -0.15) is 0 Å². The zero-order valence-corrected chi connectivity index (χ0v) is 12.7. The molecule has 1 fully saturated rings. The van der Waals surface area contributed by atoms with Crippen LogP contribution < -0.4 is 5.32 Å². The third kappa shape index (κ3) is 3.96. The lowest BCUT2D eigenvalue weighted by molar-refractivity contribution is 0.237. The summed E-state index contributed by atoms with van der Waals surface area (Å²) >= 11 is 0. The van der Waals surface area contributed by atoms with Crippen LogP contribution in [-0.4, -0.2) is 40.6 Å². The number of aryl methyl sites for hydroxylation is 1. The molecule has 0 amide bonds. The van der Waals surface area contributed by atoms with Crippen LogP contribution in [0.5, 0.6) is 0 Å². The lowest BCUT2D eigenvalue weighted by Gasteiger charge is -2.24. The van der Waals surface area contributed by atoms with Crippen LogP contribution in [0.4, 0.5) is 5.95 Å². The van der Waals surface area contributed by atoms with Gasteiger partial charge in [0.25, 0.3) is 0 Å². The second-order valence-electron chi connectivity index (χ2n) is 5.74. The summed E-state index contributed by atoms with van der Waals surface area (Å²) in [5.41, 5.74) is 1.10. The van der Waals surface area contributed by atoms with Gasteiger partial charge in [0.05, 0.1) is 5.69 Å². The van der Waals surface area contributed by atoms with Crippen LogP contribution in [0.1, 0.15) is 44.7 Å². The van der Waals surface area contributed by atoms with E-state index >= 15 is 0 Å². The van der Waals surface area contributed by atoms with Gasteiger partial charge in [-0.3, -0.25) is 0 Å². The fourth-order valence-electron chi connectivity index (χ4n) is 2.89. The van der Waals surface area contributed by atoms with Gasteiger partial charge in [0.2, 0.25) is 5.95 Å². The second-order valence-corrected chi connectivity index (χ2v) is 5.74. The average Bonchev–Trinajstić information content (AvgIpc) is 3.03. The minimum atomic E-state index is 0.802. The van der Waals surface area contributed by atoms with Crippen LogP contribution in [0.3, 0.4) is 0 Å². The summed E-state index contributed by atoms with van der Waals surface area (Å²) < 4.78 is 2.26. The normalized spacial score (nSPS) is 16.4. The first-order chi connectivity index (χ1) is 9.20. The molecule has 0 aliphatic heterocycles. The molecular weight excluding hydrogens is 236 g/mol. The van der Waals surface area contributed by atoms with Crippen molar-refractivity contribution in [2.45, 2.75) is 58.5 Å². The highest BCUT2D eigenvalue weighted by molar-refractivity contribution is 5.28. The van der Waals surface area contributed by atoms with E-state index < -0.39 is 0 Å². The van der Waals surface area contributed by atoms with Crippen molar-refractivity contribution in [1.29, 1.82) is 0 Å². The van der Waals surface area contributed by atoms with E-state index in [9.17, 15) is 0 Å². The fraction of sp³-hybridized carbons (Fsp3) is 0.800. The van der Waals surface area contributed by atoms with Crippen molar-refractivity contribution < 1.29 is 0 Å². The lowest BCUT2D eigenvalue weighted by Crippen LogP contribution is -2.32. The van der Waals surface area contributed by atoms with Crippen molar-refractivity contribution in [3.8, 4) is 0 Å². The molecule has 19 heavy (non-hydrogen) atoms. The molecule has 1 aliphatic rings. The van der Waals surface area contributed by atoms with E-state index in [0.29, 0.717) is 0 Å². The van der Waals surface area contributed by atoms with E-state index in [1.807, 2.05) is 0 Å². The van der Waals surface area contributed by atoms with E-state index in [2.05, 4.69) is 46.9 Å². The Hall–Kier alpha value is -1.03. The lowest BCUT2D eigenvalue weighted by atomic mass is 10.2. The third-order valence-electron chi connectivity index (χ3n) is 4.07. The Balaban J connectivity index is 1.87. The quantitative estimate of drug-likeness (QED) is 0.822. The molecule has 108 valence electrons. The molecule has 0 unspecified atom stereocenters. The number of rotatable bonds is 7. The van der Waals surface area contributed by atoms with Crippen LogP contribution in [0.25, 0.3) is 0 Å². The Bertz CT molecular complexity index is 379. The SMILES string of the molecule is CCCNc1nc(C)cn1CCN(C)C1CCCC1. The van der Waals surface area contributed by atoms with Gasteiger partial charge in [0, 0.05) is 31.9 Å². The smallest absolute Gasteiger partial charge is 0.203 e. The summed E-state index contributed by atoms with van der Waals surface area (Å²) in [6.45, 7) is 7.38. The minimum Gasteiger partial charge on any atom is -0.356 e. The second kappa shape index (κ2) is 6.94. The zero-order chi connectivity index (χ0) is 13.7. The maximum atomic E-state index is 4.56. The van der Waals surface area contributed by atoms with Gasteiger partial charge in [0.15, 0.2) is 0 Å². The Labute approximate surface area is 117 Å². The fourth-order valence-corrected chi connectivity index (χ4v) is 2.89. The van der Waals surface area contributed by atoms with Gasteiger partial charge >= 0.3 is 0 Å². The topological polar surface area (TPSA) is 33.1 Å². The number of likely N-dealkylation sites (N-methyl/N-ethyl adjacent to an activating group) is 1. The van der Waals surface area contributed by atoms with Gasteiger partial charge in [-0.05, 0) is 33.2 Å². The molecule has 2 rings (SSSR count). The molecule has 0 atom stereocenters. The summed E-state index contributed by atoms with van der Waals surface area (Å²) in [4.78, 5) is 7.08. The molecule has 1 heterocycles. The van der Waals surface area contributed by atoms with E-state index in [4.69, 9.17) is 0 Å². The standard InChI is InChI=1S/C15H28N4/c1-4-9-16-15-17-13(2)12-19(15)11-10-18(3)14-7-5-6-8-14/h12,14H,4-11H2,1-3H3,(H,16,17). The Kier molecular flexibility index (Phi) is 5.25. The maximum Gasteiger partial charge on any atom is 0.203 e. The van der Waals surface area contributed by atoms with E-state index in [0.717, 1.165) is 43.7 Å². The molecule has 0 radical (unpaired) electrons. The van der Waals surface area contributed by atoms with Crippen LogP contribution >= 0.6 is 0 Å². The summed E-state index contributed by atoms with van der Waals surface area (Å²) in [7, 11) is 2.26. The molecule has 1 aromatic rings. The van der Waals surface area contributed by atoms with Crippen molar-refractivity contribution in [2.24, 2.45) is 0 Å². The first kappa shape index (κ1) is 14.4. The molecule has 4 nitrogen and oxygen atoms in total. The first-order valence-electron chi connectivity index (χ1n) is 7.68. The van der Waals surface area contributed by atoms with E-state index in [1.165, 1.54) is 25.7 Å². The Morgan fingerprint density at radius 1 is 1.42 bits per heavy atom. The molecule has 0 spiro atoms. The van der Waals surface area contributed by atoms with Crippen LogP contribution in [0.2, 0.25) is 0 Å². The van der Waals surface area contributed by atoms with Gasteiger partial charge < -0.3 is 14.8 Å². The Morgan fingerprint density at radius 2 is 2.16 bits per heavy atom. The number of imidazole rings is 1. The molecule has 1 N–H and O–H groups in total. The molecular formula is C15H28N4. The number of anilines is 1. The molecule has 1 saturated carbocycles. The highest BCUT2D eigenvalue weighted by Crippen LogP contribution is 2.22. The minimum absolute atomic E-state index is 0.802. The largest absolute Gasteiger partial charge is 0.356 e. The van der Waals surface area contributed by atoms with E-state index in [-0.39, 0.29) is 0 Å². The molecule has 0 saturated heterocycles. The number of aromatic nitrogens is 2. The van der Waals surface area contributed by atoms with Crippen LogP contribution in [-0.2, 0) is 6.54 Å². The Morgan fingerprint density at radius 3 is 2.84 bits per heavy atom. The summed E-state index contributed by atoms with van der Waals surface area (Å²) in [6, 6.07) is 0.802. The van der Waals surface area contributed by atoms with Crippen LogP contribution in [0, 0.1) is 6.92 Å². The van der Waals surface area contributed by atoms with Gasteiger partial charge in [-0.25, -0.2) is 4.98 Å². The average molecular weight is 264 g/mol. The van der Waals surface area contributed by atoms with Gasteiger partial charge in [-0.15, -0.1) is 0 Å². The van der Waals surface area contributed by atoms with Crippen molar-refractivity contribution in [2.75, 3.05) is 25.5 Å². The number of nitrogens with one attached hydrogen (secondary N) is 1. The summed E-state index contributed by atoms with van der Waals surface area (Å²) in [5.74, 6) is 1.03. The highest BCUT2D eigenvalue weighted by Gasteiger charge is 2.19. The first-order valence-corrected chi connectivity index (χ1v) is 7.68. The van der Waals surface area contributed by atoms with Crippen molar-refractivity contribution in [3.05, 3.63) is 11.9 Å². The maximum absolute atomic E-state index is 4.56. The molecule has 0 aromatic carbocycles. The van der Waals surface area contributed by atoms with Crippen molar-refractivity contribution in [1.82, 2.24) is 14.5 Å². The number of hydrogen-bond acceptors (Lipinski definition) is 3. The molecule has 1 aromatic heterocycles. The number of nitrogens with zero attached hydrogens (tertiary/aromatic N) is 3.